The van der Waals surface area contributed by atoms with Gasteiger partial charge in [0.15, 0.2) is 4.99 Å². The summed E-state index contributed by atoms with van der Waals surface area (Å²) in [5.41, 5.74) is 0.764. The van der Waals surface area contributed by atoms with Crippen molar-refractivity contribution in [1.82, 2.24) is 0 Å². The molecule has 7 nitrogen and oxygen atoms in total. The van der Waals surface area contributed by atoms with E-state index in [-0.39, 0.29) is 167 Å². The van der Waals surface area contributed by atoms with Gasteiger partial charge in [-0.25, -0.2) is 0 Å². The van der Waals surface area contributed by atoms with Gasteiger partial charge in [-0.3, -0.25) is 9.12 Å². The van der Waals surface area contributed by atoms with Gasteiger partial charge in [0.05, 0.1) is 0 Å². The molecule has 0 saturated heterocycles. The van der Waals surface area contributed by atoms with Crippen molar-refractivity contribution >= 4 is 195 Å². The first-order chi connectivity index (χ1) is 12.4. The van der Waals surface area contributed by atoms with Crippen molar-refractivity contribution in [1.29, 1.82) is 0 Å². The Balaban J connectivity index is 0. The summed E-state index contributed by atoms with van der Waals surface area (Å²) in [6.07, 6.45) is 0.0969. The maximum absolute atomic E-state index is 11.2. The Bertz CT molecular complexity index is 953. The van der Waals surface area contributed by atoms with E-state index in [1.165, 1.54) is 0 Å². The summed E-state index contributed by atoms with van der Waals surface area (Å²) in [4.78, 5) is 16.1. The van der Waals surface area contributed by atoms with Crippen molar-refractivity contribution in [3.8, 4) is 11.5 Å². The standard InChI is InChI=1S/C16H17Cl2O7PS.3K/c17-12-8-13(18)10-15(9-12)25-14-5-1-3-11(7-14)4-2-6-16(26(19,20)21)27(22,23)24;;;/h1,3,5,7-10,16H,2,4,6H2,(H2,19,20,21)(H,22,23,24);;;. The van der Waals surface area contributed by atoms with E-state index in [1.54, 1.807) is 42.5 Å². The molecule has 0 aliphatic heterocycles. The van der Waals surface area contributed by atoms with Gasteiger partial charge in [0, 0.05) is 164 Å². The summed E-state index contributed by atoms with van der Waals surface area (Å²) < 4.78 is 48.2. The van der Waals surface area contributed by atoms with Gasteiger partial charge >= 0.3 is 7.60 Å². The molecule has 0 spiro atoms. The van der Waals surface area contributed by atoms with Gasteiger partial charge in [-0.15, -0.1) is 0 Å². The largest absolute Gasteiger partial charge is 0.457 e. The number of aryl methyl sites for hydroxylation is 1. The predicted octanol–water partition coefficient (Wildman–Crippen LogP) is 3.36. The number of hydrogen-bond donors (Lipinski definition) is 3. The van der Waals surface area contributed by atoms with Crippen LogP contribution in [0.1, 0.15) is 18.4 Å². The Morgan fingerprint density at radius 2 is 1.53 bits per heavy atom. The molecule has 2 aromatic rings. The maximum Gasteiger partial charge on any atom is 0.346 e. The molecule has 1 unspecified atom stereocenters. The van der Waals surface area contributed by atoms with Gasteiger partial charge in [0.2, 0.25) is 0 Å². The SMILES string of the molecule is O=P(O)(O)C(CCCc1cccc(Oc2cc(Cl)cc(Cl)c2)c1)S(=O)(=O)O.[K].[K].[K]. The second kappa shape index (κ2) is 16.5. The molecular formula is C16H17Cl2K3O7PS. The summed E-state index contributed by atoms with van der Waals surface area (Å²) in [7, 11) is -9.82. The molecule has 1 atom stereocenters. The smallest absolute Gasteiger partial charge is 0.346 e. The zero-order valence-corrected chi connectivity index (χ0v) is 29.4. The van der Waals surface area contributed by atoms with Gasteiger partial charge in [-0.05, 0) is 55.2 Å². The fraction of sp³-hybridized carbons (Fsp3) is 0.250. The number of rotatable bonds is 8. The molecule has 2 aromatic carbocycles. The summed E-state index contributed by atoms with van der Waals surface area (Å²) in [5, 5.41) is 0.838. The van der Waals surface area contributed by atoms with Crippen molar-refractivity contribution < 1.29 is 32.1 Å². The molecule has 0 saturated carbocycles. The molecule has 0 aromatic heterocycles. The molecule has 30 heavy (non-hydrogen) atoms. The van der Waals surface area contributed by atoms with Gasteiger partial charge in [0.25, 0.3) is 10.1 Å². The average Bonchev–Trinajstić information content (AvgIpc) is 2.48. The molecule has 3 radical (unpaired) electrons. The third kappa shape index (κ3) is 13.2. The van der Waals surface area contributed by atoms with Crippen LogP contribution in [0.15, 0.2) is 42.5 Å². The Labute approximate surface area is 313 Å². The van der Waals surface area contributed by atoms with E-state index < -0.39 is 22.7 Å². The fourth-order valence-corrected chi connectivity index (χ4v) is 5.34. The molecule has 0 fully saturated rings. The van der Waals surface area contributed by atoms with Gasteiger partial charge < -0.3 is 14.5 Å². The monoisotopic (exact) mass is 571 g/mol. The average molecular weight is 573 g/mol. The summed E-state index contributed by atoms with van der Waals surface area (Å²) >= 11 is 11.8. The minimum absolute atomic E-state index is 0. The third-order valence-corrected chi connectivity index (χ3v) is 7.60. The van der Waals surface area contributed by atoms with Crippen LogP contribution in [0.25, 0.3) is 0 Å². The van der Waals surface area contributed by atoms with Crippen LogP contribution in [-0.4, -0.2) is 182 Å². The van der Waals surface area contributed by atoms with Gasteiger partial charge in [-0.2, -0.15) is 8.42 Å². The van der Waals surface area contributed by atoms with Crippen LogP contribution in [0, 0.1) is 0 Å². The number of benzene rings is 2. The Kier molecular flexibility index (Phi) is 19.8. The quantitative estimate of drug-likeness (QED) is 0.252. The number of hydrogen-bond acceptors (Lipinski definition) is 4. The van der Waals surface area contributed by atoms with Crippen molar-refractivity contribution in [2.75, 3.05) is 0 Å². The van der Waals surface area contributed by atoms with Gasteiger partial charge in [0.1, 0.15) is 11.5 Å². The molecule has 0 heterocycles. The molecule has 14 heteroatoms. The fourth-order valence-electron chi connectivity index (χ4n) is 2.46. The van der Waals surface area contributed by atoms with E-state index in [9.17, 15) is 13.0 Å². The molecule has 0 bridgehead atoms. The predicted molar refractivity (Wildman–Crippen MR) is 121 cm³/mol. The Morgan fingerprint density at radius 1 is 0.967 bits per heavy atom. The van der Waals surface area contributed by atoms with Crippen LogP contribution in [0.5, 0.6) is 11.5 Å². The molecule has 151 valence electrons. The van der Waals surface area contributed by atoms with Crippen molar-refractivity contribution in [3.63, 3.8) is 0 Å². The van der Waals surface area contributed by atoms with Crippen LogP contribution in [0.4, 0.5) is 0 Å². The van der Waals surface area contributed by atoms with Crippen molar-refractivity contribution in [3.05, 3.63) is 58.1 Å². The molecule has 2 rings (SSSR count). The third-order valence-electron chi connectivity index (χ3n) is 3.61. The number of halogens is 2. The first kappa shape index (κ1) is 35.9. The summed E-state index contributed by atoms with van der Waals surface area (Å²) in [6.45, 7) is 0. The maximum atomic E-state index is 11.2. The van der Waals surface area contributed by atoms with Crippen LogP contribution < -0.4 is 4.74 Å². The minimum atomic E-state index is -4.97. The minimum Gasteiger partial charge on any atom is -0.457 e. The van der Waals surface area contributed by atoms with Crippen molar-refractivity contribution in [2.24, 2.45) is 0 Å². The van der Waals surface area contributed by atoms with Crippen molar-refractivity contribution in [2.45, 2.75) is 24.3 Å². The van der Waals surface area contributed by atoms with E-state index in [1.807, 2.05) is 0 Å². The molecule has 0 aliphatic carbocycles. The van der Waals surface area contributed by atoms with E-state index >= 15 is 0 Å². The van der Waals surface area contributed by atoms with E-state index in [0.29, 0.717) is 28.0 Å². The van der Waals surface area contributed by atoms with Crippen LogP contribution in [0.3, 0.4) is 0 Å². The molecule has 3 N–H and O–H groups in total. The zero-order chi connectivity index (χ0) is 20.2. The van der Waals surface area contributed by atoms with Crippen LogP contribution in [-0.2, 0) is 21.1 Å². The molecule has 0 aliphatic rings. The first-order valence-corrected chi connectivity index (χ1v) is 11.6. The molecular weight excluding hydrogens is 555 g/mol. The normalized spacial score (nSPS) is 12.0. The van der Waals surface area contributed by atoms with E-state index in [2.05, 4.69) is 0 Å². The number of ether oxygens (including phenoxy) is 1. The Hall–Kier alpha value is 3.79. The summed E-state index contributed by atoms with van der Waals surface area (Å²) in [5.74, 6) is 0.935. The first-order valence-electron chi connectivity index (χ1n) is 7.69. The van der Waals surface area contributed by atoms with Gasteiger partial charge in [-0.1, -0.05) is 35.3 Å². The second-order valence-electron chi connectivity index (χ2n) is 5.81. The van der Waals surface area contributed by atoms with Crippen LogP contribution in [0.2, 0.25) is 10.0 Å². The summed E-state index contributed by atoms with van der Waals surface area (Å²) in [6, 6.07) is 11.6. The molecule has 0 amide bonds. The Morgan fingerprint density at radius 3 is 2.03 bits per heavy atom. The van der Waals surface area contributed by atoms with E-state index in [4.69, 9.17) is 42.3 Å². The topological polar surface area (TPSA) is 121 Å². The van der Waals surface area contributed by atoms with Crippen LogP contribution >= 0.6 is 30.8 Å². The van der Waals surface area contributed by atoms with E-state index in [0.717, 1.165) is 5.56 Å². The zero-order valence-electron chi connectivity index (χ0n) is 16.8. The second-order valence-corrected chi connectivity index (χ2v) is 10.4.